The molecule has 1 heterocycles. The molecule has 1 fully saturated rings. The standard InChI is InChI=1S/C13H18F2N2O/c14-11-3-2-10(8-12(11)15)13(16)9-17-4-1-6-18-7-5-17/h2-3,8,13H,1,4-7,9,16H2. The zero-order valence-corrected chi connectivity index (χ0v) is 10.2. The predicted octanol–water partition coefficient (Wildman–Crippen LogP) is 1.69. The molecule has 2 rings (SSSR count). The fraction of sp³-hybridized carbons (Fsp3) is 0.538. The van der Waals surface area contributed by atoms with Crippen LogP contribution in [0.3, 0.4) is 0 Å². The van der Waals surface area contributed by atoms with Gasteiger partial charge in [-0.3, -0.25) is 4.90 Å². The van der Waals surface area contributed by atoms with Crippen molar-refractivity contribution in [3.63, 3.8) is 0 Å². The zero-order valence-electron chi connectivity index (χ0n) is 10.2. The Morgan fingerprint density at radius 2 is 2.06 bits per heavy atom. The average molecular weight is 256 g/mol. The van der Waals surface area contributed by atoms with E-state index in [0.29, 0.717) is 18.7 Å². The molecule has 1 unspecified atom stereocenters. The predicted molar refractivity (Wildman–Crippen MR) is 65.2 cm³/mol. The van der Waals surface area contributed by atoms with Crippen LogP contribution in [-0.4, -0.2) is 37.7 Å². The van der Waals surface area contributed by atoms with Crippen molar-refractivity contribution in [3.8, 4) is 0 Å². The summed E-state index contributed by atoms with van der Waals surface area (Å²) in [5.74, 6) is -1.68. The monoisotopic (exact) mass is 256 g/mol. The molecule has 3 nitrogen and oxygen atoms in total. The molecule has 0 saturated carbocycles. The van der Waals surface area contributed by atoms with Gasteiger partial charge in [-0.2, -0.15) is 0 Å². The van der Waals surface area contributed by atoms with Crippen LogP contribution in [0.1, 0.15) is 18.0 Å². The normalized spacial score (nSPS) is 19.5. The Hall–Kier alpha value is -1.04. The minimum absolute atomic E-state index is 0.307. The lowest BCUT2D eigenvalue weighted by molar-refractivity contribution is 0.140. The third-order valence-electron chi connectivity index (χ3n) is 3.14. The van der Waals surface area contributed by atoms with Crippen LogP contribution in [0, 0.1) is 11.6 Å². The number of benzene rings is 1. The smallest absolute Gasteiger partial charge is 0.159 e. The second-order valence-electron chi connectivity index (χ2n) is 4.55. The van der Waals surface area contributed by atoms with Crippen LogP contribution in [0.2, 0.25) is 0 Å². The van der Waals surface area contributed by atoms with Crippen molar-refractivity contribution in [2.45, 2.75) is 12.5 Å². The van der Waals surface area contributed by atoms with Gasteiger partial charge in [0.05, 0.1) is 6.61 Å². The molecule has 0 amide bonds. The van der Waals surface area contributed by atoms with Gasteiger partial charge in [0.1, 0.15) is 0 Å². The topological polar surface area (TPSA) is 38.5 Å². The molecule has 1 saturated heterocycles. The van der Waals surface area contributed by atoms with Crippen LogP contribution in [0.4, 0.5) is 8.78 Å². The summed E-state index contributed by atoms with van der Waals surface area (Å²) in [5.41, 5.74) is 6.65. The summed E-state index contributed by atoms with van der Waals surface area (Å²) < 4.78 is 31.3. The van der Waals surface area contributed by atoms with Gasteiger partial charge in [0.2, 0.25) is 0 Å². The van der Waals surface area contributed by atoms with Gasteiger partial charge in [-0.15, -0.1) is 0 Å². The van der Waals surface area contributed by atoms with E-state index in [1.165, 1.54) is 12.1 Å². The third kappa shape index (κ3) is 3.48. The first-order chi connectivity index (χ1) is 8.66. The fourth-order valence-electron chi connectivity index (χ4n) is 2.11. The van der Waals surface area contributed by atoms with E-state index >= 15 is 0 Å². The second-order valence-corrected chi connectivity index (χ2v) is 4.55. The first-order valence-electron chi connectivity index (χ1n) is 6.17. The highest BCUT2D eigenvalue weighted by Gasteiger charge is 2.15. The maximum absolute atomic E-state index is 13.1. The fourth-order valence-corrected chi connectivity index (χ4v) is 2.11. The van der Waals surface area contributed by atoms with Gasteiger partial charge in [-0.05, 0) is 24.1 Å². The summed E-state index contributed by atoms with van der Waals surface area (Å²) in [4.78, 5) is 2.19. The van der Waals surface area contributed by atoms with Gasteiger partial charge >= 0.3 is 0 Å². The van der Waals surface area contributed by atoms with E-state index in [2.05, 4.69) is 4.90 Å². The average Bonchev–Trinajstić information content (AvgIpc) is 2.61. The number of nitrogens with zero attached hydrogens (tertiary/aromatic N) is 1. The van der Waals surface area contributed by atoms with Crippen LogP contribution in [0.5, 0.6) is 0 Å². The van der Waals surface area contributed by atoms with E-state index in [-0.39, 0.29) is 6.04 Å². The minimum atomic E-state index is -0.845. The Labute approximate surface area is 106 Å². The summed E-state index contributed by atoms with van der Waals surface area (Å²) in [5, 5.41) is 0. The van der Waals surface area contributed by atoms with Crippen molar-refractivity contribution in [1.29, 1.82) is 0 Å². The Kier molecular flexibility index (Phi) is 4.63. The Morgan fingerprint density at radius 3 is 2.83 bits per heavy atom. The summed E-state index contributed by atoms with van der Waals surface area (Å²) in [6.45, 7) is 3.87. The molecule has 0 spiro atoms. The number of ether oxygens (including phenoxy) is 1. The first-order valence-corrected chi connectivity index (χ1v) is 6.17. The van der Waals surface area contributed by atoms with Crippen LogP contribution in [0.25, 0.3) is 0 Å². The molecule has 0 bridgehead atoms. The number of hydrogen-bond donors (Lipinski definition) is 1. The molecule has 1 aliphatic rings. The van der Waals surface area contributed by atoms with E-state index in [9.17, 15) is 8.78 Å². The van der Waals surface area contributed by atoms with Gasteiger partial charge < -0.3 is 10.5 Å². The van der Waals surface area contributed by atoms with Crippen molar-refractivity contribution in [1.82, 2.24) is 4.90 Å². The maximum atomic E-state index is 13.1. The van der Waals surface area contributed by atoms with Crippen molar-refractivity contribution >= 4 is 0 Å². The Bertz CT molecular complexity index is 393. The maximum Gasteiger partial charge on any atom is 0.159 e. The molecule has 5 heteroatoms. The highest BCUT2D eigenvalue weighted by Crippen LogP contribution is 2.16. The lowest BCUT2D eigenvalue weighted by Crippen LogP contribution is -2.34. The van der Waals surface area contributed by atoms with E-state index in [1.54, 1.807) is 0 Å². The molecule has 100 valence electrons. The molecule has 18 heavy (non-hydrogen) atoms. The molecule has 1 aromatic rings. The van der Waals surface area contributed by atoms with E-state index in [1.807, 2.05) is 0 Å². The number of rotatable bonds is 3. The molecule has 1 atom stereocenters. The van der Waals surface area contributed by atoms with Crippen molar-refractivity contribution in [2.75, 3.05) is 32.8 Å². The Morgan fingerprint density at radius 1 is 1.22 bits per heavy atom. The van der Waals surface area contributed by atoms with Gasteiger partial charge in [-0.25, -0.2) is 8.78 Å². The lowest BCUT2D eigenvalue weighted by Gasteiger charge is -2.23. The van der Waals surface area contributed by atoms with Gasteiger partial charge in [0, 0.05) is 32.3 Å². The van der Waals surface area contributed by atoms with Crippen molar-refractivity contribution in [2.24, 2.45) is 5.73 Å². The van der Waals surface area contributed by atoms with Crippen LogP contribution in [-0.2, 0) is 4.74 Å². The minimum Gasteiger partial charge on any atom is -0.380 e. The van der Waals surface area contributed by atoms with Gasteiger partial charge in [0.15, 0.2) is 11.6 Å². The van der Waals surface area contributed by atoms with Crippen LogP contribution < -0.4 is 5.73 Å². The van der Waals surface area contributed by atoms with Gasteiger partial charge in [0.25, 0.3) is 0 Å². The van der Waals surface area contributed by atoms with E-state index in [0.717, 1.165) is 32.2 Å². The molecular formula is C13H18F2N2O. The second kappa shape index (κ2) is 6.22. The molecule has 2 N–H and O–H groups in total. The zero-order chi connectivity index (χ0) is 13.0. The highest BCUT2D eigenvalue weighted by atomic mass is 19.2. The SMILES string of the molecule is NC(CN1CCCOCC1)c1ccc(F)c(F)c1. The molecule has 1 aromatic carbocycles. The molecule has 0 aliphatic carbocycles. The first kappa shape index (κ1) is 13.4. The summed E-state index contributed by atoms with van der Waals surface area (Å²) >= 11 is 0. The van der Waals surface area contributed by atoms with Crippen molar-refractivity contribution in [3.05, 3.63) is 35.4 Å². The van der Waals surface area contributed by atoms with Crippen LogP contribution in [0.15, 0.2) is 18.2 Å². The number of halogens is 2. The molecule has 0 radical (unpaired) electrons. The molecule has 0 aromatic heterocycles. The molecular weight excluding hydrogens is 238 g/mol. The summed E-state index contributed by atoms with van der Waals surface area (Å²) in [6, 6.07) is 3.53. The quantitative estimate of drug-likeness (QED) is 0.894. The number of nitrogens with two attached hydrogens (primary N) is 1. The third-order valence-corrected chi connectivity index (χ3v) is 3.14. The summed E-state index contributed by atoms with van der Waals surface area (Å²) in [6.07, 6.45) is 0.977. The lowest BCUT2D eigenvalue weighted by atomic mass is 10.1. The van der Waals surface area contributed by atoms with E-state index in [4.69, 9.17) is 10.5 Å². The molecule has 1 aliphatic heterocycles. The summed E-state index contributed by atoms with van der Waals surface area (Å²) in [7, 11) is 0. The highest BCUT2D eigenvalue weighted by molar-refractivity contribution is 5.21. The van der Waals surface area contributed by atoms with Crippen molar-refractivity contribution < 1.29 is 13.5 Å². The van der Waals surface area contributed by atoms with E-state index < -0.39 is 11.6 Å². The Balaban J connectivity index is 1.97. The largest absolute Gasteiger partial charge is 0.380 e. The number of hydrogen-bond acceptors (Lipinski definition) is 3. The van der Waals surface area contributed by atoms with Gasteiger partial charge in [-0.1, -0.05) is 6.07 Å². The van der Waals surface area contributed by atoms with Crippen LogP contribution >= 0.6 is 0 Å².